The van der Waals surface area contributed by atoms with E-state index in [1.54, 1.807) is 24.5 Å². The number of anilines is 1. The highest BCUT2D eigenvalue weighted by atomic mass is 19.1. The van der Waals surface area contributed by atoms with Gasteiger partial charge in [-0.25, -0.2) is 28.1 Å². The molecule has 5 rings (SSSR count). The van der Waals surface area contributed by atoms with Crippen molar-refractivity contribution in [3.8, 4) is 17.0 Å². The number of amides is 1. The van der Waals surface area contributed by atoms with Crippen LogP contribution in [0.2, 0.25) is 0 Å². The Balaban J connectivity index is 1.25. The van der Waals surface area contributed by atoms with Crippen molar-refractivity contribution < 1.29 is 27.8 Å². The van der Waals surface area contributed by atoms with Gasteiger partial charge in [-0.1, -0.05) is 0 Å². The van der Waals surface area contributed by atoms with Crippen LogP contribution in [-0.2, 0) is 4.79 Å². The first-order chi connectivity index (χ1) is 18.9. The van der Waals surface area contributed by atoms with E-state index >= 15 is 0 Å². The summed E-state index contributed by atoms with van der Waals surface area (Å²) < 4.78 is 47.8. The maximum Gasteiger partial charge on any atom is 0.246 e. The van der Waals surface area contributed by atoms with E-state index < -0.39 is 23.5 Å². The van der Waals surface area contributed by atoms with E-state index in [1.165, 1.54) is 29.3 Å². The monoisotopic (exact) mass is 539 g/mol. The van der Waals surface area contributed by atoms with Gasteiger partial charge in [0.25, 0.3) is 0 Å². The summed E-state index contributed by atoms with van der Waals surface area (Å²) in [5, 5.41) is 14.5. The van der Waals surface area contributed by atoms with Crippen molar-refractivity contribution in [3.05, 3.63) is 71.7 Å². The molecule has 1 amide bonds. The van der Waals surface area contributed by atoms with Crippen LogP contribution in [0.15, 0.2) is 53.8 Å². The summed E-state index contributed by atoms with van der Waals surface area (Å²) in [5.41, 5.74) is 1.05. The van der Waals surface area contributed by atoms with E-state index in [0.717, 1.165) is 6.07 Å². The third kappa shape index (κ3) is 6.03. The molecule has 1 unspecified atom stereocenters. The molecule has 11 heteroatoms. The molecule has 1 saturated heterocycles. The summed E-state index contributed by atoms with van der Waals surface area (Å²) in [4.78, 5) is 24.2. The van der Waals surface area contributed by atoms with Crippen LogP contribution in [0.1, 0.15) is 37.3 Å². The summed E-state index contributed by atoms with van der Waals surface area (Å²) in [6.45, 7) is 1.32. The van der Waals surface area contributed by atoms with Gasteiger partial charge in [-0.3, -0.25) is 4.79 Å². The first-order valence-electron chi connectivity index (χ1n) is 12.9. The average molecular weight is 540 g/mol. The van der Waals surface area contributed by atoms with E-state index in [9.17, 15) is 18.0 Å². The molecule has 39 heavy (non-hydrogen) atoms. The molecule has 0 radical (unpaired) electrons. The van der Waals surface area contributed by atoms with Gasteiger partial charge in [0.15, 0.2) is 0 Å². The zero-order chi connectivity index (χ0) is 27.4. The Kier molecular flexibility index (Phi) is 8.06. The molecular weight excluding hydrogens is 511 g/mol. The molecule has 2 aromatic carbocycles. The van der Waals surface area contributed by atoms with Crippen LogP contribution in [0.4, 0.5) is 19.1 Å². The largest absolute Gasteiger partial charge is 0.493 e. The van der Waals surface area contributed by atoms with Gasteiger partial charge >= 0.3 is 0 Å². The molecule has 0 bridgehead atoms. The van der Waals surface area contributed by atoms with Gasteiger partial charge in [0.2, 0.25) is 11.9 Å². The number of nitrogens with zero attached hydrogens (tertiary/aromatic N) is 5. The number of carbonyl (C=O) groups excluding carboxylic acids is 1. The van der Waals surface area contributed by atoms with Crippen LogP contribution in [0, 0.1) is 23.4 Å². The summed E-state index contributed by atoms with van der Waals surface area (Å²) in [7, 11) is 0. The Hall–Kier alpha value is -3.99. The van der Waals surface area contributed by atoms with Crippen molar-refractivity contribution in [1.29, 1.82) is 0 Å². The lowest BCUT2D eigenvalue weighted by Crippen LogP contribution is -2.41. The van der Waals surface area contributed by atoms with Crippen LogP contribution in [-0.4, -0.2) is 58.5 Å². The Morgan fingerprint density at radius 1 is 1.05 bits per heavy atom. The van der Waals surface area contributed by atoms with E-state index in [4.69, 9.17) is 9.84 Å². The number of rotatable bonds is 8. The fourth-order valence-corrected chi connectivity index (χ4v) is 4.88. The SMILES string of the molecule is O=C(C1CCN(c2nccc(-c3cc(OCCCO)ccc3F)n2)CC1)N1N=CCC1c1cc(F)cc(F)c1. The minimum absolute atomic E-state index is 0.00439. The third-order valence-corrected chi connectivity index (χ3v) is 6.88. The standard InChI is InChI=1S/C28H28F3N5O3/c29-20-14-19(15-21(30)16-20)26-5-9-33-36(26)27(38)18-6-10-35(11-7-18)28-32-8-4-25(34-28)23-17-22(2-3-24(23)31)39-13-1-12-37/h2-4,8-9,14-18,26,37H,1,5-7,10-13H2. The normalized spacial score (nSPS) is 17.6. The molecule has 0 spiro atoms. The first-order valence-corrected chi connectivity index (χ1v) is 12.9. The number of ether oxygens (including phenoxy) is 1. The number of hydrogen-bond donors (Lipinski definition) is 1. The van der Waals surface area contributed by atoms with Gasteiger partial charge in [-0.2, -0.15) is 5.10 Å². The molecule has 1 N–H and O–H groups in total. The van der Waals surface area contributed by atoms with Crippen LogP contribution in [0.5, 0.6) is 5.75 Å². The zero-order valence-corrected chi connectivity index (χ0v) is 21.1. The molecule has 3 heterocycles. The van der Waals surface area contributed by atoms with E-state index in [1.807, 2.05) is 4.90 Å². The fraction of sp³-hybridized carbons (Fsp3) is 0.357. The second-order valence-electron chi connectivity index (χ2n) is 9.51. The number of aliphatic hydroxyl groups excluding tert-OH is 1. The number of piperidine rings is 1. The lowest BCUT2D eigenvalue weighted by molar-refractivity contribution is -0.138. The topological polar surface area (TPSA) is 91.2 Å². The highest BCUT2D eigenvalue weighted by Crippen LogP contribution is 2.33. The summed E-state index contributed by atoms with van der Waals surface area (Å²) in [5.74, 6) is -1.43. The van der Waals surface area contributed by atoms with Gasteiger partial charge in [0.05, 0.1) is 18.3 Å². The number of carbonyl (C=O) groups is 1. The Bertz CT molecular complexity index is 1340. The number of hydrogen-bond acceptors (Lipinski definition) is 7. The molecular formula is C28H28F3N5O3. The van der Waals surface area contributed by atoms with Gasteiger partial charge in [0.1, 0.15) is 23.2 Å². The van der Waals surface area contributed by atoms with Crippen LogP contribution in [0.25, 0.3) is 11.3 Å². The van der Waals surface area contributed by atoms with E-state index in [0.29, 0.717) is 68.3 Å². The Morgan fingerprint density at radius 2 is 1.82 bits per heavy atom. The lowest BCUT2D eigenvalue weighted by atomic mass is 9.94. The number of benzene rings is 2. The molecule has 2 aliphatic heterocycles. The molecule has 1 atom stereocenters. The number of aromatic nitrogens is 2. The van der Waals surface area contributed by atoms with Crippen molar-refractivity contribution in [2.75, 3.05) is 31.2 Å². The van der Waals surface area contributed by atoms with E-state index in [-0.39, 0.29) is 24.0 Å². The second-order valence-corrected chi connectivity index (χ2v) is 9.51. The zero-order valence-electron chi connectivity index (χ0n) is 21.1. The van der Waals surface area contributed by atoms with Gasteiger partial charge in [-0.15, -0.1) is 0 Å². The first kappa shape index (κ1) is 26.6. The third-order valence-electron chi connectivity index (χ3n) is 6.88. The van der Waals surface area contributed by atoms with Gasteiger partial charge in [0, 0.05) is 62.5 Å². The minimum Gasteiger partial charge on any atom is -0.493 e. The molecule has 1 fully saturated rings. The van der Waals surface area contributed by atoms with Crippen molar-refractivity contribution >= 4 is 18.1 Å². The average Bonchev–Trinajstić information content (AvgIpc) is 3.44. The van der Waals surface area contributed by atoms with Crippen molar-refractivity contribution in [2.24, 2.45) is 11.0 Å². The Labute approximate surface area is 223 Å². The predicted octanol–water partition coefficient (Wildman–Crippen LogP) is 4.50. The highest BCUT2D eigenvalue weighted by Gasteiger charge is 2.35. The minimum atomic E-state index is -0.694. The van der Waals surface area contributed by atoms with Crippen molar-refractivity contribution in [1.82, 2.24) is 15.0 Å². The van der Waals surface area contributed by atoms with Crippen LogP contribution >= 0.6 is 0 Å². The number of halogens is 3. The molecule has 8 nitrogen and oxygen atoms in total. The molecule has 3 aromatic rings. The summed E-state index contributed by atoms with van der Waals surface area (Å²) >= 11 is 0. The lowest BCUT2D eigenvalue weighted by Gasteiger charge is -2.33. The molecule has 0 aliphatic carbocycles. The predicted molar refractivity (Wildman–Crippen MR) is 139 cm³/mol. The van der Waals surface area contributed by atoms with Crippen LogP contribution in [0.3, 0.4) is 0 Å². The van der Waals surface area contributed by atoms with Gasteiger partial charge in [-0.05, 0) is 54.8 Å². The maximum atomic E-state index is 14.6. The van der Waals surface area contributed by atoms with Gasteiger partial charge < -0.3 is 14.7 Å². The number of hydrazone groups is 1. The van der Waals surface area contributed by atoms with Crippen LogP contribution < -0.4 is 9.64 Å². The molecule has 1 aromatic heterocycles. The number of aliphatic hydroxyl groups is 1. The Morgan fingerprint density at radius 3 is 2.56 bits per heavy atom. The van der Waals surface area contributed by atoms with E-state index in [2.05, 4.69) is 15.1 Å². The maximum absolute atomic E-state index is 14.6. The molecule has 204 valence electrons. The quantitative estimate of drug-likeness (QED) is 0.424. The summed E-state index contributed by atoms with van der Waals surface area (Å²) in [6, 6.07) is 8.76. The van der Waals surface area contributed by atoms with Crippen molar-refractivity contribution in [2.45, 2.75) is 31.7 Å². The fourth-order valence-electron chi connectivity index (χ4n) is 4.88. The summed E-state index contributed by atoms with van der Waals surface area (Å²) in [6.07, 6.45) is 5.05. The molecule has 2 aliphatic rings. The smallest absolute Gasteiger partial charge is 0.246 e. The molecule has 0 saturated carbocycles. The van der Waals surface area contributed by atoms with Crippen molar-refractivity contribution in [3.63, 3.8) is 0 Å². The second kappa shape index (κ2) is 11.8. The highest BCUT2D eigenvalue weighted by molar-refractivity contribution is 5.82.